The molecule has 0 fully saturated rings. The summed E-state index contributed by atoms with van der Waals surface area (Å²) in [5.74, 6) is -2.32. The molecule has 3 unspecified atom stereocenters. The van der Waals surface area contributed by atoms with E-state index in [1.807, 2.05) is 20.1 Å². The molecule has 0 heterocycles. The molecule has 0 aromatic heterocycles. The summed E-state index contributed by atoms with van der Waals surface area (Å²) in [7, 11) is 0. The van der Waals surface area contributed by atoms with Gasteiger partial charge in [0, 0.05) is 6.54 Å². The van der Waals surface area contributed by atoms with Gasteiger partial charge in [0.2, 0.25) is 17.7 Å². The van der Waals surface area contributed by atoms with Gasteiger partial charge in [0.25, 0.3) is 0 Å². The Bertz CT molecular complexity index is 656. The lowest BCUT2D eigenvalue weighted by Gasteiger charge is -2.25. The van der Waals surface area contributed by atoms with Crippen LogP contribution in [0.2, 0.25) is 0 Å². The zero-order valence-corrected chi connectivity index (χ0v) is 19.7. The van der Waals surface area contributed by atoms with Crippen LogP contribution in [0.5, 0.6) is 0 Å². The molecule has 0 saturated heterocycles. The SMILES string of the molecule is CSCCC(NC(=O)C(CC(C)C)NC(=O)C(CCCN=C(N)N)NC(=O)CN)C(=O)O. The second-order valence-electron chi connectivity index (χ2n) is 7.64. The van der Waals surface area contributed by atoms with Crippen molar-refractivity contribution in [3.8, 4) is 0 Å². The molecular formula is C19H37N7O5S. The number of nitrogens with two attached hydrogens (primary N) is 3. The van der Waals surface area contributed by atoms with Crippen molar-refractivity contribution in [2.24, 2.45) is 28.1 Å². The Hall–Kier alpha value is -2.54. The van der Waals surface area contributed by atoms with Crippen molar-refractivity contribution in [1.29, 1.82) is 0 Å². The minimum absolute atomic E-state index is 0.0412. The van der Waals surface area contributed by atoms with Gasteiger partial charge in [-0.15, -0.1) is 0 Å². The summed E-state index contributed by atoms with van der Waals surface area (Å²) in [6.07, 6.45) is 3.00. The van der Waals surface area contributed by atoms with Crippen LogP contribution in [0.15, 0.2) is 4.99 Å². The molecule has 0 spiro atoms. The van der Waals surface area contributed by atoms with Crippen LogP contribution in [-0.2, 0) is 19.2 Å². The van der Waals surface area contributed by atoms with Gasteiger partial charge in [0.15, 0.2) is 5.96 Å². The predicted octanol–water partition coefficient (Wildman–Crippen LogP) is -1.66. The van der Waals surface area contributed by atoms with Crippen LogP contribution in [0.25, 0.3) is 0 Å². The molecule has 0 aromatic carbocycles. The van der Waals surface area contributed by atoms with E-state index >= 15 is 0 Å². The van der Waals surface area contributed by atoms with Gasteiger partial charge in [-0.1, -0.05) is 13.8 Å². The fourth-order valence-electron chi connectivity index (χ4n) is 2.77. The lowest BCUT2D eigenvalue weighted by Crippen LogP contribution is -2.56. The van der Waals surface area contributed by atoms with Crippen molar-refractivity contribution < 1.29 is 24.3 Å². The molecule has 184 valence electrons. The van der Waals surface area contributed by atoms with E-state index in [-0.39, 0.29) is 44.2 Å². The Morgan fingerprint density at radius 2 is 1.56 bits per heavy atom. The smallest absolute Gasteiger partial charge is 0.326 e. The first kappa shape index (κ1) is 29.5. The number of carboxylic acids is 1. The van der Waals surface area contributed by atoms with Crippen molar-refractivity contribution in [3.63, 3.8) is 0 Å². The minimum atomic E-state index is -1.14. The number of carbonyl (C=O) groups excluding carboxylic acids is 3. The first-order chi connectivity index (χ1) is 15.0. The Morgan fingerprint density at radius 1 is 0.969 bits per heavy atom. The van der Waals surface area contributed by atoms with E-state index in [0.717, 1.165) is 0 Å². The van der Waals surface area contributed by atoms with Crippen molar-refractivity contribution in [1.82, 2.24) is 16.0 Å². The van der Waals surface area contributed by atoms with Gasteiger partial charge < -0.3 is 38.3 Å². The van der Waals surface area contributed by atoms with Crippen molar-refractivity contribution >= 4 is 41.4 Å². The molecule has 0 aromatic rings. The highest BCUT2D eigenvalue weighted by Gasteiger charge is 2.29. The Balaban J connectivity index is 5.33. The first-order valence-electron chi connectivity index (χ1n) is 10.4. The van der Waals surface area contributed by atoms with Crippen molar-refractivity contribution in [2.45, 2.75) is 57.7 Å². The van der Waals surface area contributed by atoms with E-state index in [1.54, 1.807) is 0 Å². The van der Waals surface area contributed by atoms with Gasteiger partial charge in [-0.25, -0.2) is 4.79 Å². The molecule has 0 radical (unpaired) electrons. The summed E-state index contributed by atoms with van der Waals surface area (Å²) in [5, 5.41) is 17.0. The van der Waals surface area contributed by atoms with Crippen LogP contribution in [0, 0.1) is 5.92 Å². The summed E-state index contributed by atoms with van der Waals surface area (Å²) < 4.78 is 0. The van der Waals surface area contributed by atoms with Gasteiger partial charge in [-0.3, -0.25) is 19.4 Å². The number of carboxylic acid groups (broad SMARTS) is 1. The Morgan fingerprint density at radius 3 is 2.06 bits per heavy atom. The number of hydrogen-bond acceptors (Lipinski definition) is 7. The highest BCUT2D eigenvalue weighted by molar-refractivity contribution is 7.98. The van der Waals surface area contributed by atoms with Crippen LogP contribution in [0.4, 0.5) is 0 Å². The second-order valence-corrected chi connectivity index (χ2v) is 8.63. The van der Waals surface area contributed by atoms with Crippen LogP contribution in [0.3, 0.4) is 0 Å². The molecule has 3 amide bonds. The number of nitrogens with zero attached hydrogens (tertiary/aromatic N) is 1. The van der Waals surface area contributed by atoms with E-state index in [9.17, 15) is 24.3 Å². The topological polar surface area (TPSA) is 215 Å². The summed E-state index contributed by atoms with van der Waals surface area (Å²) in [6.45, 7) is 3.70. The Labute approximate surface area is 192 Å². The molecule has 0 aliphatic rings. The molecule has 0 bridgehead atoms. The van der Waals surface area contributed by atoms with Crippen LogP contribution in [0.1, 0.15) is 39.5 Å². The molecule has 13 heteroatoms. The quantitative estimate of drug-likeness (QED) is 0.0771. The molecule has 10 N–H and O–H groups in total. The summed E-state index contributed by atoms with van der Waals surface area (Å²) >= 11 is 1.47. The average molecular weight is 476 g/mol. The first-order valence-corrected chi connectivity index (χ1v) is 11.8. The van der Waals surface area contributed by atoms with E-state index in [1.165, 1.54) is 11.8 Å². The number of guanidine groups is 1. The summed E-state index contributed by atoms with van der Waals surface area (Å²) in [5.41, 5.74) is 15.9. The van der Waals surface area contributed by atoms with Crippen LogP contribution < -0.4 is 33.2 Å². The number of thioether (sulfide) groups is 1. The number of nitrogens with one attached hydrogen (secondary N) is 3. The van der Waals surface area contributed by atoms with E-state index in [4.69, 9.17) is 17.2 Å². The minimum Gasteiger partial charge on any atom is -0.480 e. The molecular weight excluding hydrogens is 438 g/mol. The zero-order valence-electron chi connectivity index (χ0n) is 18.9. The van der Waals surface area contributed by atoms with Gasteiger partial charge >= 0.3 is 5.97 Å². The largest absolute Gasteiger partial charge is 0.480 e. The summed E-state index contributed by atoms with van der Waals surface area (Å²) in [4.78, 5) is 52.7. The van der Waals surface area contributed by atoms with Gasteiger partial charge in [-0.05, 0) is 43.6 Å². The highest BCUT2D eigenvalue weighted by atomic mass is 32.2. The maximum Gasteiger partial charge on any atom is 0.326 e. The van der Waals surface area contributed by atoms with Gasteiger partial charge in [0.1, 0.15) is 18.1 Å². The lowest BCUT2D eigenvalue weighted by molar-refractivity contribution is -0.142. The third-order valence-electron chi connectivity index (χ3n) is 4.35. The van der Waals surface area contributed by atoms with Crippen molar-refractivity contribution in [3.05, 3.63) is 0 Å². The fourth-order valence-corrected chi connectivity index (χ4v) is 3.24. The normalized spacial score (nSPS) is 13.5. The molecule has 32 heavy (non-hydrogen) atoms. The van der Waals surface area contributed by atoms with Crippen LogP contribution >= 0.6 is 11.8 Å². The fraction of sp³-hybridized carbons (Fsp3) is 0.737. The van der Waals surface area contributed by atoms with Gasteiger partial charge in [0.05, 0.1) is 6.54 Å². The predicted molar refractivity (Wildman–Crippen MR) is 125 cm³/mol. The third kappa shape index (κ3) is 13.0. The standard InChI is InChI=1S/C19H37N7O5S/c1-11(2)9-14(17(29)25-13(18(30)31)6-8-32-3)26-16(28)12(24-15(27)10-20)5-4-7-23-19(21)22/h11-14H,4-10,20H2,1-3H3,(H,24,27)(H,25,29)(H,26,28)(H,30,31)(H4,21,22,23). The number of aliphatic carboxylic acids is 1. The van der Waals surface area contributed by atoms with E-state index in [2.05, 4.69) is 20.9 Å². The maximum atomic E-state index is 12.9. The second kappa shape index (κ2) is 16.1. The molecule has 0 rings (SSSR count). The van der Waals surface area contributed by atoms with E-state index < -0.39 is 41.8 Å². The molecule has 0 saturated carbocycles. The zero-order chi connectivity index (χ0) is 24.7. The molecule has 0 aliphatic heterocycles. The number of carbonyl (C=O) groups is 4. The number of rotatable bonds is 16. The van der Waals surface area contributed by atoms with Gasteiger partial charge in [-0.2, -0.15) is 11.8 Å². The number of aliphatic imine (C=N–C) groups is 1. The Kier molecular flexibility index (Phi) is 14.9. The maximum absolute atomic E-state index is 12.9. The average Bonchev–Trinajstić information content (AvgIpc) is 2.71. The highest BCUT2D eigenvalue weighted by Crippen LogP contribution is 2.09. The third-order valence-corrected chi connectivity index (χ3v) is 4.99. The lowest BCUT2D eigenvalue weighted by atomic mass is 10.0. The van der Waals surface area contributed by atoms with E-state index in [0.29, 0.717) is 12.2 Å². The molecule has 0 aliphatic carbocycles. The molecule has 12 nitrogen and oxygen atoms in total. The monoisotopic (exact) mass is 475 g/mol. The molecule has 3 atom stereocenters. The summed E-state index contributed by atoms with van der Waals surface area (Å²) in [6, 6.07) is -2.98. The number of amides is 3. The van der Waals surface area contributed by atoms with Crippen molar-refractivity contribution in [2.75, 3.05) is 25.1 Å². The van der Waals surface area contributed by atoms with Crippen LogP contribution in [-0.4, -0.2) is 78.0 Å². The number of hydrogen-bond donors (Lipinski definition) is 7.